The van der Waals surface area contributed by atoms with E-state index in [1.54, 1.807) is 0 Å². The van der Waals surface area contributed by atoms with E-state index in [9.17, 15) is 4.79 Å². The molecular formula is C15H27N3O. The number of piperidine rings is 1. The van der Waals surface area contributed by atoms with Crippen LogP contribution in [-0.4, -0.2) is 43.7 Å². The van der Waals surface area contributed by atoms with Gasteiger partial charge in [0.25, 0.3) is 0 Å². The molecule has 4 heteroatoms. The van der Waals surface area contributed by atoms with Crippen molar-refractivity contribution in [3.63, 3.8) is 0 Å². The smallest absolute Gasteiger partial charge is 0.317 e. The van der Waals surface area contributed by atoms with Crippen LogP contribution in [0.25, 0.3) is 0 Å². The summed E-state index contributed by atoms with van der Waals surface area (Å²) in [4.78, 5) is 14.2. The Balaban J connectivity index is 1.44. The van der Waals surface area contributed by atoms with Crippen LogP contribution in [-0.2, 0) is 0 Å². The van der Waals surface area contributed by atoms with Crippen molar-refractivity contribution in [2.24, 2.45) is 17.3 Å². The molecule has 2 amide bonds. The fourth-order valence-electron chi connectivity index (χ4n) is 3.86. The Morgan fingerprint density at radius 1 is 1.32 bits per heavy atom. The van der Waals surface area contributed by atoms with Gasteiger partial charge >= 0.3 is 6.03 Å². The third kappa shape index (κ3) is 2.88. The van der Waals surface area contributed by atoms with Crippen molar-refractivity contribution in [3.8, 4) is 0 Å². The van der Waals surface area contributed by atoms with Crippen molar-refractivity contribution in [2.75, 3.05) is 32.7 Å². The van der Waals surface area contributed by atoms with Crippen LogP contribution in [0, 0.1) is 17.3 Å². The minimum absolute atomic E-state index is 0.178. The number of nitrogens with zero attached hydrogens (tertiary/aromatic N) is 1. The first kappa shape index (κ1) is 13.2. The average molecular weight is 265 g/mol. The predicted octanol–water partition coefficient (Wildman–Crippen LogP) is 1.82. The van der Waals surface area contributed by atoms with Gasteiger partial charge in [0, 0.05) is 19.6 Å². The van der Waals surface area contributed by atoms with Gasteiger partial charge in [0.15, 0.2) is 0 Å². The molecule has 2 N–H and O–H groups in total. The third-order valence-electron chi connectivity index (χ3n) is 5.50. The van der Waals surface area contributed by atoms with Gasteiger partial charge in [-0.05, 0) is 56.0 Å². The zero-order chi connectivity index (χ0) is 13.3. The standard InChI is InChI=1S/C15H27N3O/c1-2-12-9-13(12)10-17-14(19)18-8-5-15(11-18)3-6-16-7-4-15/h12-13,16H,2-11H2,1H3,(H,17,19)/t12-,13+/m1/s1. The van der Waals surface area contributed by atoms with E-state index in [0.717, 1.165) is 44.6 Å². The van der Waals surface area contributed by atoms with Crippen LogP contribution in [0.15, 0.2) is 0 Å². The number of carbonyl (C=O) groups is 1. The van der Waals surface area contributed by atoms with Gasteiger partial charge in [0.05, 0.1) is 0 Å². The summed E-state index contributed by atoms with van der Waals surface area (Å²) >= 11 is 0. The first-order chi connectivity index (χ1) is 9.22. The predicted molar refractivity (Wildman–Crippen MR) is 76.0 cm³/mol. The summed E-state index contributed by atoms with van der Waals surface area (Å²) in [6.45, 7) is 7.30. The summed E-state index contributed by atoms with van der Waals surface area (Å²) in [5.41, 5.74) is 0.425. The zero-order valence-electron chi connectivity index (χ0n) is 12.1. The van der Waals surface area contributed by atoms with E-state index in [-0.39, 0.29) is 6.03 Å². The zero-order valence-corrected chi connectivity index (χ0v) is 12.1. The Labute approximate surface area is 116 Å². The van der Waals surface area contributed by atoms with Crippen molar-refractivity contribution in [3.05, 3.63) is 0 Å². The summed E-state index contributed by atoms with van der Waals surface area (Å²) in [6.07, 6.45) is 6.24. The van der Waals surface area contributed by atoms with E-state index in [4.69, 9.17) is 0 Å². The van der Waals surface area contributed by atoms with Crippen molar-refractivity contribution in [1.29, 1.82) is 0 Å². The Bertz CT molecular complexity index is 338. The van der Waals surface area contributed by atoms with E-state index < -0.39 is 0 Å². The molecule has 0 aromatic carbocycles. The molecule has 0 unspecified atom stereocenters. The molecule has 3 aliphatic rings. The molecule has 108 valence electrons. The van der Waals surface area contributed by atoms with Gasteiger partial charge in [0.1, 0.15) is 0 Å². The van der Waals surface area contributed by atoms with Crippen LogP contribution < -0.4 is 10.6 Å². The largest absolute Gasteiger partial charge is 0.338 e. The van der Waals surface area contributed by atoms with E-state index >= 15 is 0 Å². The molecule has 1 aliphatic carbocycles. The Morgan fingerprint density at radius 3 is 2.79 bits per heavy atom. The van der Waals surface area contributed by atoms with Crippen molar-refractivity contribution in [2.45, 2.75) is 39.0 Å². The van der Waals surface area contributed by atoms with Crippen molar-refractivity contribution in [1.82, 2.24) is 15.5 Å². The molecule has 4 nitrogen and oxygen atoms in total. The monoisotopic (exact) mass is 265 g/mol. The Morgan fingerprint density at radius 2 is 2.11 bits per heavy atom. The second kappa shape index (κ2) is 5.31. The average Bonchev–Trinajstić information content (AvgIpc) is 3.10. The maximum atomic E-state index is 12.2. The lowest BCUT2D eigenvalue weighted by Crippen LogP contribution is -2.43. The maximum Gasteiger partial charge on any atom is 0.317 e. The van der Waals surface area contributed by atoms with Gasteiger partial charge in [-0.15, -0.1) is 0 Å². The van der Waals surface area contributed by atoms with Crippen LogP contribution in [0.4, 0.5) is 4.79 Å². The van der Waals surface area contributed by atoms with Gasteiger partial charge in [-0.25, -0.2) is 4.79 Å². The molecule has 0 bridgehead atoms. The third-order valence-corrected chi connectivity index (χ3v) is 5.50. The maximum absolute atomic E-state index is 12.2. The number of likely N-dealkylation sites (tertiary alicyclic amines) is 1. The minimum Gasteiger partial charge on any atom is -0.338 e. The highest BCUT2D eigenvalue weighted by Crippen LogP contribution is 2.41. The van der Waals surface area contributed by atoms with Crippen LogP contribution in [0.5, 0.6) is 0 Å². The molecule has 3 fully saturated rings. The molecule has 0 aromatic rings. The highest BCUT2D eigenvalue weighted by atomic mass is 16.2. The van der Waals surface area contributed by atoms with E-state index in [1.165, 1.54) is 32.1 Å². The first-order valence-corrected chi connectivity index (χ1v) is 7.96. The van der Waals surface area contributed by atoms with Gasteiger partial charge < -0.3 is 15.5 Å². The molecule has 0 aromatic heterocycles. The number of amides is 2. The van der Waals surface area contributed by atoms with Crippen LogP contribution in [0.2, 0.25) is 0 Å². The topological polar surface area (TPSA) is 44.4 Å². The van der Waals surface area contributed by atoms with Crippen molar-refractivity contribution < 1.29 is 4.79 Å². The van der Waals surface area contributed by atoms with Crippen molar-refractivity contribution >= 4 is 6.03 Å². The first-order valence-electron chi connectivity index (χ1n) is 7.96. The number of nitrogens with one attached hydrogen (secondary N) is 2. The van der Waals surface area contributed by atoms with Gasteiger partial charge in [-0.2, -0.15) is 0 Å². The Kier molecular flexibility index (Phi) is 3.70. The number of carbonyl (C=O) groups excluding carboxylic acids is 1. The van der Waals surface area contributed by atoms with Gasteiger partial charge in [-0.3, -0.25) is 0 Å². The van der Waals surface area contributed by atoms with E-state index in [1.807, 2.05) is 0 Å². The summed E-state index contributed by atoms with van der Waals surface area (Å²) in [7, 11) is 0. The molecule has 3 rings (SSSR count). The lowest BCUT2D eigenvalue weighted by atomic mass is 9.78. The highest BCUT2D eigenvalue weighted by molar-refractivity contribution is 5.74. The summed E-state index contributed by atoms with van der Waals surface area (Å²) < 4.78 is 0. The number of urea groups is 1. The second-order valence-corrected chi connectivity index (χ2v) is 6.77. The molecule has 1 saturated carbocycles. The van der Waals surface area contributed by atoms with Crippen LogP contribution in [0.1, 0.15) is 39.0 Å². The van der Waals surface area contributed by atoms with Gasteiger partial charge in [0.2, 0.25) is 0 Å². The molecule has 2 heterocycles. The normalized spacial score (nSPS) is 32.6. The summed E-state index contributed by atoms with van der Waals surface area (Å²) in [5.74, 6) is 1.62. The molecule has 2 saturated heterocycles. The Hall–Kier alpha value is -0.770. The molecule has 2 aliphatic heterocycles. The quantitative estimate of drug-likeness (QED) is 0.817. The fraction of sp³-hybridized carbons (Fsp3) is 0.933. The van der Waals surface area contributed by atoms with E-state index in [0.29, 0.717) is 5.41 Å². The molecule has 19 heavy (non-hydrogen) atoms. The summed E-state index contributed by atoms with van der Waals surface area (Å²) in [6, 6.07) is 0.178. The minimum atomic E-state index is 0.178. The summed E-state index contributed by atoms with van der Waals surface area (Å²) in [5, 5.41) is 6.56. The van der Waals surface area contributed by atoms with Crippen LogP contribution in [0.3, 0.4) is 0 Å². The molecule has 0 radical (unpaired) electrons. The molecular weight excluding hydrogens is 238 g/mol. The SMILES string of the molecule is CC[C@@H]1C[C@H]1CNC(=O)N1CCC2(CCNCC2)C1. The van der Waals surface area contributed by atoms with Crippen LogP contribution >= 0.6 is 0 Å². The molecule has 1 spiro atoms. The lowest BCUT2D eigenvalue weighted by molar-refractivity contribution is 0.182. The number of hydrogen-bond donors (Lipinski definition) is 2. The lowest BCUT2D eigenvalue weighted by Gasteiger charge is -2.33. The highest BCUT2D eigenvalue weighted by Gasteiger charge is 2.41. The number of hydrogen-bond acceptors (Lipinski definition) is 2. The second-order valence-electron chi connectivity index (χ2n) is 6.77. The fourth-order valence-corrected chi connectivity index (χ4v) is 3.86. The van der Waals surface area contributed by atoms with E-state index in [2.05, 4.69) is 22.5 Å². The van der Waals surface area contributed by atoms with Gasteiger partial charge in [-0.1, -0.05) is 13.3 Å². The number of rotatable bonds is 3. The molecule has 2 atom stereocenters.